The van der Waals surface area contributed by atoms with Crippen LogP contribution in [-0.4, -0.2) is 36.9 Å². The molecule has 1 atom stereocenters. The molecule has 0 amide bonds. The summed E-state index contributed by atoms with van der Waals surface area (Å²) in [6.07, 6.45) is 4.43. The van der Waals surface area contributed by atoms with Crippen molar-refractivity contribution in [3.63, 3.8) is 0 Å². The third-order valence-electron chi connectivity index (χ3n) is 3.66. The first kappa shape index (κ1) is 14.1. The minimum Gasteiger partial charge on any atom is -0.492 e. The van der Waals surface area contributed by atoms with E-state index in [4.69, 9.17) is 4.74 Å². The Morgan fingerprint density at radius 2 is 2.00 bits per heavy atom. The second kappa shape index (κ2) is 6.71. The maximum absolute atomic E-state index is 11.0. The van der Waals surface area contributed by atoms with Crippen LogP contribution >= 0.6 is 0 Å². The Labute approximate surface area is 115 Å². The van der Waals surface area contributed by atoms with Crippen molar-refractivity contribution in [2.75, 3.05) is 19.7 Å². The summed E-state index contributed by atoms with van der Waals surface area (Å²) in [5.74, 6) is 0.928. The fraction of sp³-hybridized carbons (Fsp3) is 0.562. The van der Waals surface area contributed by atoms with Crippen molar-refractivity contribution in [1.29, 1.82) is 0 Å². The van der Waals surface area contributed by atoms with Crippen LogP contribution in [0.1, 0.15) is 30.4 Å². The molecule has 1 aromatic carbocycles. The molecule has 3 nitrogen and oxygen atoms in total. The first-order valence-electron chi connectivity index (χ1n) is 7.09. The van der Waals surface area contributed by atoms with Crippen LogP contribution in [0.25, 0.3) is 0 Å². The predicted octanol–water partition coefficient (Wildman–Crippen LogP) is 2.74. The van der Waals surface area contributed by atoms with Crippen molar-refractivity contribution < 1.29 is 9.53 Å². The van der Waals surface area contributed by atoms with Crippen molar-refractivity contribution >= 4 is 6.29 Å². The summed E-state index contributed by atoms with van der Waals surface area (Å²) in [5, 5.41) is 0. The summed E-state index contributed by atoms with van der Waals surface area (Å²) in [6, 6.07) is 6.34. The van der Waals surface area contributed by atoms with Crippen LogP contribution in [0, 0.1) is 13.8 Å². The van der Waals surface area contributed by atoms with Gasteiger partial charge in [-0.2, -0.15) is 0 Å². The van der Waals surface area contributed by atoms with Gasteiger partial charge >= 0.3 is 0 Å². The van der Waals surface area contributed by atoms with E-state index in [-0.39, 0.29) is 6.04 Å². The van der Waals surface area contributed by atoms with E-state index in [1.54, 1.807) is 0 Å². The fourth-order valence-corrected chi connectivity index (χ4v) is 2.75. The number of hydrogen-bond acceptors (Lipinski definition) is 3. The van der Waals surface area contributed by atoms with Crippen molar-refractivity contribution in [3.05, 3.63) is 29.3 Å². The lowest BCUT2D eigenvalue weighted by molar-refractivity contribution is -0.113. The Morgan fingerprint density at radius 3 is 2.68 bits per heavy atom. The average molecular weight is 261 g/mol. The van der Waals surface area contributed by atoms with Gasteiger partial charge in [-0.25, -0.2) is 0 Å². The van der Waals surface area contributed by atoms with Gasteiger partial charge in [0.2, 0.25) is 0 Å². The standard InChI is InChI=1S/C16H23NO2/c1-13-9-14(2)11-16(10-13)19-8-7-17-6-4-3-5-15(17)12-18/h9-12,15H,3-8H2,1-2H3. The van der Waals surface area contributed by atoms with Crippen LogP contribution in [0.15, 0.2) is 18.2 Å². The van der Waals surface area contributed by atoms with E-state index in [0.717, 1.165) is 38.0 Å². The maximum Gasteiger partial charge on any atom is 0.137 e. The number of hydrogen-bond donors (Lipinski definition) is 0. The summed E-state index contributed by atoms with van der Waals surface area (Å²) >= 11 is 0. The molecular weight excluding hydrogens is 238 g/mol. The second-order valence-electron chi connectivity index (χ2n) is 5.41. The molecule has 1 aliphatic rings. The molecule has 0 aliphatic carbocycles. The van der Waals surface area contributed by atoms with Gasteiger partial charge in [0.05, 0.1) is 6.04 Å². The van der Waals surface area contributed by atoms with E-state index in [1.807, 2.05) is 0 Å². The highest BCUT2D eigenvalue weighted by Crippen LogP contribution is 2.17. The lowest BCUT2D eigenvalue weighted by Gasteiger charge is -2.31. The quantitative estimate of drug-likeness (QED) is 0.763. The van der Waals surface area contributed by atoms with Crippen molar-refractivity contribution in [3.8, 4) is 5.75 Å². The van der Waals surface area contributed by atoms with E-state index in [9.17, 15) is 4.79 Å². The van der Waals surface area contributed by atoms with Gasteiger partial charge in [-0.3, -0.25) is 4.90 Å². The zero-order valence-electron chi connectivity index (χ0n) is 11.9. The molecule has 0 saturated carbocycles. The molecule has 0 aromatic heterocycles. The van der Waals surface area contributed by atoms with Gasteiger partial charge in [-0.1, -0.05) is 12.5 Å². The third-order valence-corrected chi connectivity index (χ3v) is 3.66. The highest BCUT2D eigenvalue weighted by Gasteiger charge is 2.21. The minimum absolute atomic E-state index is 0.0941. The van der Waals surface area contributed by atoms with Crippen molar-refractivity contribution in [2.24, 2.45) is 0 Å². The van der Waals surface area contributed by atoms with Gasteiger partial charge in [0.1, 0.15) is 18.6 Å². The molecule has 0 spiro atoms. The zero-order chi connectivity index (χ0) is 13.7. The Morgan fingerprint density at radius 1 is 1.26 bits per heavy atom. The lowest BCUT2D eigenvalue weighted by atomic mass is 10.0. The molecular formula is C16H23NO2. The molecule has 104 valence electrons. The third kappa shape index (κ3) is 4.06. The largest absolute Gasteiger partial charge is 0.492 e. The molecule has 1 aromatic rings. The number of ether oxygens (including phenoxy) is 1. The van der Waals surface area contributed by atoms with E-state index >= 15 is 0 Å². The normalized spacial score (nSPS) is 20.2. The molecule has 1 saturated heterocycles. The zero-order valence-corrected chi connectivity index (χ0v) is 11.9. The maximum atomic E-state index is 11.0. The van der Waals surface area contributed by atoms with Crippen molar-refractivity contribution in [1.82, 2.24) is 4.90 Å². The number of carbonyl (C=O) groups is 1. The molecule has 0 bridgehead atoms. The first-order chi connectivity index (χ1) is 9.19. The molecule has 1 fully saturated rings. The predicted molar refractivity (Wildman–Crippen MR) is 76.7 cm³/mol. The molecule has 3 heteroatoms. The number of likely N-dealkylation sites (tertiary alicyclic amines) is 1. The van der Waals surface area contributed by atoms with Crippen LogP contribution in [0.3, 0.4) is 0 Å². The van der Waals surface area contributed by atoms with Gasteiger partial charge in [0, 0.05) is 6.54 Å². The summed E-state index contributed by atoms with van der Waals surface area (Å²) in [5.41, 5.74) is 2.44. The summed E-state index contributed by atoms with van der Waals surface area (Å²) in [4.78, 5) is 13.2. The van der Waals surface area contributed by atoms with Gasteiger partial charge in [-0.05, 0) is 56.5 Å². The van der Waals surface area contributed by atoms with Gasteiger partial charge in [0.15, 0.2) is 0 Å². The molecule has 19 heavy (non-hydrogen) atoms. The summed E-state index contributed by atoms with van der Waals surface area (Å²) in [6.45, 7) is 6.64. The lowest BCUT2D eigenvalue weighted by Crippen LogP contribution is -2.42. The molecule has 0 N–H and O–H groups in total. The number of aldehydes is 1. The van der Waals surface area contributed by atoms with Gasteiger partial charge in [-0.15, -0.1) is 0 Å². The minimum atomic E-state index is 0.0941. The fourth-order valence-electron chi connectivity index (χ4n) is 2.75. The number of rotatable bonds is 5. The summed E-state index contributed by atoms with van der Waals surface area (Å²) < 4.78 is 5.81. The number of carbonyl (C=O) groups excluding carboxylic acids is 1. The highest BCUT2D eigenvalue weighted by molar-refractivity contribution is 5.57. The second-order valence-corrected chi connectivity index (χ2v) is 5.41. The van der Waals surface area contributed by atoms with E-state index < -0.39 is 0 Å². The van der Waals surface area contributed by atoms with Crippen LogP contribution in [0.2, 0.25) is 0 Å². The molecule has 0 radical (unpaired) electrons. The summed E-state index contributed by atoms with van der Waals surface area (Å²) in [7, 11) is 0. The van der Waals surface area contributed by atoms with Crippen LogP contribution in [-0.2, 0) is 4.79 Å². The Bertz CT molecular complexity index is 411. The van der Waals surface area contributed by atoms with E-state index in [2.05, 4.69) is 36.9 Å². The smallest absolute Gasteiger partial charge is 0.137 e. The SMILES string of the molecule is Cc1cc(C)cc(OCCN2CCCCC2C=O)c1. The van der Waals surface area contributed by atoms with Gasteiger partial charge < -0.3 is 9.53 Å². The Hall–Kier alpha value is -1.35. The molecule has 1 aliphatic heterocycles. The van der Waals surface area contributed by atoms with Gasteiger partial charge in [0.25, 0.3) is 0 Å². The topological polar surface area (TPSA) is 29.5 Å². The van der Waals surface area contributed by atoms with E-state index in [1.165, 1.54) is 17.5 Å². The number of aryl methyl sites for hydroxylation is 2. The van der Waals surface area contributed by atoms with Crippen LogP contribution < -0.4 is 4.74 Å². The average Bonchev–Trinajstić information content (AvgIpc) is 2.38. The van der Waals surface area contributed by atoms with Crippen LogP contribution in [0.5, 0.6) is 5.75 Å². The molecule has 1 heterocycles. The molecule has 1 unspecified atom stereocenters. The highest BCUT2D eigenvalue weighted by atomic mass is 16.5. The first-order valence-corrected chi connectivity index (χ1v) is 7.09. The van der Waals surface area contributed by atoms with Crippen molar-refractivity contribution in [2.45, 2.75) is 39.2 Å². The number of nitrogens with zero attached hydrogens (tertiary/aromatic N) is 1. The number of benzene rings is 1. The Kier molecular flexibility index (Phi) is 4.97. The van der Waals surface area contributed by atoms with Crippen LogP contribution in [0.4, 0.5) is 0 Å². The monoisotopic (exact) mass is 261 g/mol. The van der Waals surface area contributed by atoms with E-state index in [0.29, 0.717) is 6.61 Å². The Balaban J connectivity index is 1.83. The number of piperidine rings is 1. The molecule has 2 rings (SSSR count).